The Morgan fingerprint density at radius 1 is 1.24 bits per heavy atom. The van der Waals surface area contributed by atoms with Crippen molar-refractivity contribution in [1.82, 2.24) is 4.90 Å². The van der Waals surface area contributed by atoms with Crippen LogP contribution in [0.5, 0.6) is 0 Å². The second kappa shape index (κ2) is 6.64. The summed E-state index contributed by atoms with van der Waals surface area (Å²) in [6.45, 7) is 8.36. The lowest BCUT2D eigenvalue weighted by Crippen LogP contribution is -2.63. The van der Waals surface area contributed by atoms with E-state index in [1.807, 2.05) is 19.1 Å². The van der Waals surface area contributed by atoms with Crippen molar-refractivity contribution in [1.29, 1.82) is 0 Å². The molecule has 4 unspecified atom stereocenters. The van der Waals surface area contributed by atoms with Crippen LogP contribution in [0.3, 0.4) is 0 Å². The number of carbonyl (C=O) groups is 2. The minimum atomic E-state index is -0.721. The van der Waals surface area contributed by atoms with Crippen LogP contribution in [0.2, 0.25) is 0 Å². The van der Waals surface area contributed by atoms with Crippen LogP contribution >= 0.6 is 0 Å². The number of aliphatic hydroxyl groups is 1. The largest absolute Gasteiger partial charge is 0.411 e. The van der Waals surface area contributed by atoms with Crippen LogP contribution in [0.25, 0.3) is 5.57 Å². The molecule has 5 heteroatoms. The first kappa shape index (κ1) is 17.7. The molecule has 0 radical (unpaired) electrons. The highest BCUT2D eigenvalue weighted by Crippen LogP contribution is 2.50. The minimum Gasteiger partial charge on any atom is -0.411 e. The summed E-state index contributed by atoms with van der Waals surface area (Å²) in [7, 11) is 0. The van der Waals surface area contributed by atoms with E-state index in [0.717, 1.165) is 17.6 Å². The molecule has 5 nitrogen and oxygen atoms in total. The Hall–Kier alpha value is -2.14. The van der Waals surface area contributed by atoms with Gasteiger partial charge >= 0.3 is 0 Å². The molecule has 25 heavy (non-hydrogen) atoms. The van der Waals surface area contributed by atoms with Crippen molar-refractivity contribution in [2.45, 2.75) is 46.3 Å². The van der Waals surface area contributed by atoms with Crippen molar-refractivity contribution < 1.29 is 19.4 Å². The maximum Gasteiger partial charge on any atom is 0.299 e. The van der Waals surface area contributed by atoms with Crippen molar-refractivity contribution in [2.24, 2.45) is 17.8 Å². The fraction of sp³-hybridized carbons (Fsp3) is 0.500. The molecule has 1 N–H and O–H groups in total. The van der Waals surface area contributed by atoms with Gasteiger partial charge in [-0.15, -0.1) is 0 Å². The number of amides is 1. The molecule has 2 aliphatic rings. The zero-order valence-electron chi connectivity index (χ0n) is 15.1. The number of rotatable bonds is 6. The highest BCUT2D eigenvalue weighted by atomic mass is 16.5. The van der Waals surface area contributed by atoms with Crippen LogP contribution in [0.15, 0.2) is 30.1 Å². The van der Waals surface area contributed by atoms with Crippen LogP contribution in [0.1, 0.15) is 38.8 Å². The highest BCUT2D eigenvalue weighted by molar-refractivity contribution is 5.94. The van der Waals surface area contributed by atoms with Gasteiger partial charge in [-0.05, 0) is 30.4 Å². The summed E-state index contributed by atoms with van der Waals surface area (Å²) in [5.74, 6) is 0.248. The van der Waals surface area contributed by atoms with E-state index in [9.17, 15) is 14.7 Å². The molecule has 3 rings (SSSR count). The van der Waals surface area contributed by atoms with Gasteiger partial charge in [0.25, 0.3) is 6.47 Å². The van der Waals surface area contributed by atoms with Gasteiger partial charge in [-0.1, -0.05) is 45.0 Å². The molecule has 2 heterocycles. The predicted octanol–water partition coefficient (Wildman–Crippen LogP) is 2.58. The lowest BCUT2D eigenvalue weighted by atomic mass is 9.77. The number of fused-ring (bicyclic) bond motifs is 1. The van der Waals surface area contributed by atoms with E-state index in [1.165, 1.54) is 10.5 Å². The Morgan fingerprint density at radius 2 is 1.88 bits per heavy atom. The molecule has 0 bridgehead atoms. The number of β-lactam (4-membered cyclic amide) rings is 1. The molecular formula is C20H25NO4. The smallest absolute Gasteiger partial charge is 0.299 e. The number of hydrogen-bond acceptors (Lipinski definition) is 4. The van der Waals surface area contributed by atoms with Gasteiger partial charge in [0.15, 0.2) is 0 Å². The Labute approximate surface area is 148 Å². The van der Waals surface area contributed by atoms with Crippen LogP contribution in [0.4, 0.5) is 0 Å². The average Bonchev–Trinajstić information content (AvgIpc) is 2.76. The van der Waals surface area contributed by atoms with Gasteiger partial charge in [-0.25, -0.2) is 0 Å². The summed E-state index contributed by atoms with van der Waals surface area (Å²) in [4.78, 5) is 24.9. The maximum absolute atomic E-state index is 12.4. The molecule has 4 atom stereocenters. The van der Waals surface area contributed by atoms with E-state index in [0.29, 0.717) is 18.3 Å². The SMILES string of the molecule is CC(C)Cc1ccc(C2=C(OC=O)N3C(=O)C(C(C)O)C3C2C)cc1. The number of ether oxygens (including phenoxy) is 1. The number of nitrogens with zero attached hydrogens (tertiary/aromatic N) is 1. The molecule has 1 aromatic carbocycles. The first-order chi connectivity index (χ1) is 11.9. The summed E-state index contributed by atoms with van der Waals surface area (Å²) in [6, 6.07) is 8.04. The van der Waals surface area contributed by atoms with Crippen molar-refractivity contribution in [3.8, 4) is 0 Å². The Bertz CT molecular complexity index is 705. The van der Waals surface area contributed by atoms with Crippen LogP contribution in [0, 0.1) is 17.8 Å². The third kappa shape index (κ3) is 2.86. The van der Waals surface area contributed by atoms with E-state index in [1.54, 1.807) is 6.92 Å². The van der Waals surface area contributed by atoms with Gasteiger partial charge in [0, 0.05) is 11.5 Å². The Balaban J connectivity index is 1.96. The molecule has 0 aromatic heterocycles. The molecule has 1 amide bonds. The maximum atomic E-state index is 12.4. The third-order valence-corrected chi connectivity index (χ3v) is 5.19. The second-order valence-corrected chi connectivity index (χ2v) is 7.48. The van der Waals surface area contributed by atoms with Gasteiger partial charge in [0.1, 0.15) is 0 Å². The highest BCUT2D eigenvalue weighted by Gasteiger charge is 2.59. The fourth-order valence-electron chi connectivity index (χ4n) is 4.13. The monoisotopic (exact) mass is 343 g/mol. The predicted molar refractivity (Wildman–Crippen MR) is 94.0 cm³/mol. The standard InChI is InChI=1S/C20H25NO4/c1-11(2)9-14-5-7-15(8-6-14)16-12(3)18-17(13(4)23)19(24)21(18)20(16)25-10-22/h5-8,10-13,17-18,23H,9H2,1-4H3. The molecule has 1 aromatic rings. The van der Waals surface area contributed by atoms with E-state index >= 15 is 0 Å². The van der Waals surface area contributed by atoms with Crippen molar-refractivity contribution in [2.75, 3.05) is 0 Å². The van der Waals surface area contributed by atoms with Gasteiger partial charge < -0.3 is 9.84 Å². The molecule has 1 fully saturated rings. The van der Waals surface area contributed by atoms with Crippen LogP contribution in [-0.4, -0.2) is 34.5 Å². The summed E-state index contributed by atoms with van der Waals surface area (Å²) in [6.07, 6.45) is 0.283. The molecule has 0 saturated carbocycles. The Kier molecular flexibility index (Phi) is 4.69. The number of aliphatic hydroxyl groups excluding tert-OH is 1. The Morgan fingerprint density at radius 3 is 2.40 bits per heavy atom. The van der Waals surface area contributed by atoms with Gasteiger partial charge in [0.05, 0.1) is 18.1 Å². The van der Waals surface area contributed by atoms with Crippen molar-refractivity contribution >= 4 is 18.0 Å². The summed E-state index contributed by atoms with van der Waals surface area (Å²) in [5.41, 5.74) is 3.05. The summed E-state index contributed by atoms with van der Waals surface area (Å²) in [5, 5.41) is 9.92. The lowest BCUT2D eigenvalue weighted by molar-refractivity contribution is -0.164. The summed E-state index contributed by atoms with van der Waals surface area (Å²) < 4.78 is 5.19. The minimum absolute atomic E-state index is 0.0109. The van der Waals surface area contributed by atoms with Crippen LogP contribution < -0.4 is 0 Å². The molecular weight excluding hydrogens is 318 g/mol. The zero-order valence-corrected chi connectivity index (χ0v) is 15.1. The van der Waals surface area contributed by atoms with E-state index in [2.05, 4.69) is 26.0 Å². The molecule has 0 spiro atoms. The zero-order chi connectivity index (χ0) is 18.3. The van der Waals surface area contributed by atoms with Crippen molar-refractivity contribution in [3.63, 3.8) is 0 Å². The summed E-state index contributed by atoms with van der Waals surface area (Å²) >= 11 is 0. The number of hydrogen-bond donors (Lipinski definition) is 1. The fourth-order valence-corrected chi connectivity index (χ4v) is 4.13. The first-order valence-electron chi connectivity index (χ1n) is 8.81. The lowest BCUT2D eigenvalue weighted by Gasteiger charge is -2.46. The quantitative estimate of drug-likeness (QED) is 0.637. The number of carbonyl (C=O) groups excluding carboxylic acids is 2. The van der Waals surface area contributed by atoms with Gasteiger partial charge in [0.2, 0.25) is 11.8 Å². The van der Waals surface area contributed by atoms with E-state index < -0.39 is 12.0 Å². The normalized spacial score (nSPS) is 26.6. The second-order valence-electron chi connectivity index (χ2n) is 7.48. The molecule has 134 valence electrons. The molecule has 0 aliphatic carbocycles. The number of benzene rings is 1. The molecule has 2 aliphatic heterocycles. The third-order valence-electron chi connectivity index (χ3n) is 5.19. The average molecular weight is 343 g/mol. The van der Waals surface area contributed by atoms with E-state index in [4.69, 9.17) is 4.74 Å². The first-order valence-corrected chi connectivity index (χ1v) is 8.81. The van der Waals surface area contributed by atoms with Crippen LogP contribution in [-0.2, 0) is 20.7 Å². The van der Waals surface area contributed by atoms with E-state index in [-0.39, 0.29) is 17.9 Å². The van der Waals surface area contributed by atoms with Crippen molar-refractivity contribution in [3.05, 3.63) is 41.3 Å². The topological polar surface area (TPSA) is 66.8 Å². The molecule has 1 saturated heterocycles. The van der Waals surface area contributed by atoms with Gasteiger partial charge in [-0.2, -0.15) is 0 Å². The van der Waals surface area contributed by atoms with Gasteiger partial charge in [-0.3, -0.25) is 14.5 Å².